The standard InChI is InChI=1S/C14H19N5O/c1-4-19(5-2)13-10-15-18-14(17-13)16-11-7-6-8-12(9-11)20-3/h6-10H,4-5H2,1-3H3,(H,16,17,18). The molecule has 0 fully saturated rings. The van der Waals surface area contributed by atoms with Crippen LogP contribution >= 0.6 is 0 Å². The van der Waals surface area contributed by atoms with Gasteiger partial charge in [-0.05, 0) is 26.0 Å². The molecule has 2 aromatic rings. The van der Waals surface area contributed by atoms with Crippen LogP contribution in [0, 0.1) is 0 Å². The van der Waals surface area contributed by atoms with Gasteiger partial charge in [-0.15, -0.1) is 5.10 Å². The molecule has 0 aliphatic rings. The molecule has 0 aliphatic carbocycles. The van der Waals surface area contributed by atoms with Gasteiger partial charge in [0.2, 0.25) is 5.95 Å². The van der Waals surface area contributed by atoms with Gasteiger partial charge in [-0.3, -0.25) is 0 Å². The summed E-state index contributed by atoms with van der Waals surface area (Å²) in [6.45, 7) is 5.93. The second kappa shape index (κ2) is 6.70. The number of benzene rings is 1. The first-order chi connectivity index (χ1) is 9.76. The van der Waals surface area contributed by atoms with Crippen molar-refractivity contribution in [2.75, 3.05) is 30.4 Å². The Hall–Kier alpha value is -2.37. The number of rotatable bonds is 6. The maximum atomic E-state index is 5.18. The number of methoxy groups -OCH3 is 1. The minimum Gasteiger partial charge on any atom is -0.497 e. The van der Waals surface area contributed by atoms with Crippen molar-refractivity contribution in [2.45, 2.75) is 13.8 Å². The molecule has 106 valence electrons. The molecule has 1 heterocycles. The van der Waals surface area contributed by atoms with E-state index < -0.39 is 0 Å². The van der Waals surface area contributed by atoms with Crippen molar-refractivity contribution >= 4 is 17.5 Å². The van der Waals surface area contributed by atoms with Crippen LogP contribution in [0.5, 0.6) is 5.75 Å². The molecule has 0 bridgehead atoms. The number of ether oxygens (including phenoxy) is 1. The van der Waals surface area contributed by atoms with Gasteiger partial charge in [-0.2, -0.15) is 10.1 Å². The number of aromatic nitrogens is 3. The van der Waals surface area contributed by atoms with E-state index in [0.717, 1.165) is 30.3 Å². The molecular formula is C14H19N5O. The Morgan fingerprint density at radius 1 is 1.25 bits per heavy atom. The van der Waals surface area contributed by atoms with Gasteiger partial charge >= 0.3 is 0 Å². The molecule has 1 aromatic heterocycles. The molecule has 0 atom stereocenters. The number of anilines is 3. The van der Waals surface area contributed by atoms with Crippen LogP contribution in [-0.4, -0.2) is 35.4 Å². The van der Waals surface area contributed by atoms with E-state index in [9.17, 15) is 0 Å². The maximum Gasteiger partial charge on any atom is 0.249 e. The van der Waals surface area contributed by atoms with Crippen LogP contribution in [-0.2, 0) is 0 Å². The van der Waals surface area contributed by atoms with Crippen LogP contribution < -0.4 is 15.0 Å². The summed E-state index contributed by atoms with van der Waals surface area (Å²) in [5.41, 5.74) is 0.864. The normalized spacial score (nSPS) is 10.2. The highest BCUT2D eigenvalue weighted by Gasteiger charge is 2.06. The smallest absolute Gasteiger partial charge is 0.249 e. The van der Waals surface area contributed by atoms with Crippen molar-refractivity contribution < 1.29 is 4.74 Å². The highest BCUT2D eigenvalue weighted by Crippen LogP contribution is 2.20. The predicted octanol–water partition coefficient (Wildman–Crippen LogP) is 2.47. The summed E-state index contributed by atoms with van der Waals surface area (Å²) in [6.07, 6.45) is 1.67. The number of nitrogens with one attached hydrogen (secondary N) is 1. The number of nitrogens with zero attached hydrogens (tertiary/aromatic N) is 4. The largest absolute Gasteiger partial charge is 0.497 e. The van der Waals surface area contributed by atoms with E-state index in [1.807, 2.05) is 24.3 Å². The van der Waals surface area contributed by atoms with E-state index in [1.165, 1.54) is 0 Å². The molecule has 0 aliphatic heterocycles. The Labute approximate surface area is 118 Å². The van der Waals surface area contributed by atoms with Crippen LogP contribution in [0.2, 0.25) is 0 Å². The zero-order chi connectivity index (χ0) is 14.4. The van der Waals surface area contributed by atoms with Gasteiger partial charge in [0, 0.05) is 24.8 Å². The lowest BCUT2D eigenvalue weighted by Crippen LogP contribution is -2.23. The maximum absolute atomic E-state index is 5.18. The molecule has 2 rings (SSSR count). The van der Waals surface area contributed by atoms with Crippen LogP contribution in [0.15, 0.2) is 30.5 Å². The molecule has 0 spiro atoms. The Morgan fingerprint density at radius 3 is 2.75 bits per heavy atom. The van der Waals surface area contributed by atoms with E-state index in [1.54, 1.807) is 13.3 Å². The highest BCUT2D eigenvalue weighted by molar-refractivity contribution is 5.56. The van der Waals surface area contributed by atoms with Crippen molar-refractivity contribution in [3.05, 3.63) is 30.5 Å². The lowest BCUT2D eigenvalue weighted by Gasteiger charge is -2.19. The van der Waals surface area contributed by atoms with Gasteiger partial charge in [-0.25, -0.2) is 0 Å². The second-order valence-electron chi connectivity index (χ2n) is 4.17. The lowest BCUT2D eigenvalue weighted by atomic mass is 10.3. The van der Waals surface area contributed by atoms with Crippen LogP contribution in [0.1, 0.15) is 13.8 Å². The third-order valence-electron chi connectivity index (χ3n) is 2.96. The van der Waals surface area contributed by atoms with E-state index in [2.05, 4.69) is 39.2 Å². The average molecular weight is 273 g/mol. The molecular weight excluding hydrogens is 254 g/mol. The highest BCUT2D eigenvalue weighted by atomic mass is 16.5. The second-order valence-corrected chi connectivity index (χ2v) is 4.17. The van der Waals surface area contributed by atoms with E-state index in [4.69, 9.17) is 4.74 Å². The Balaban J connectivity index is 2.18. The molecule has 6 nitrogen and oxygen atoms in total. The van der Waals surface area contributed by atoms with Gasteiger partial charge in [0.15, 0.2) is 5.82 Å². The van der Waals surface area contributed by atoms with Gasteiger partial charge in [0.05, 0.1) is 13.3 Å². The number of hydrogen-bond donors (Lipinski definition) is 1. The molecule has 0 amide bonds. The number of hydrogen-bond acceptors (Lipinski definition) is 6. The molecule has 0 saturated carbocycles. The average Bonchev–Trinajstić information content (AvgIpc) is 2.49. The molecule has 1 N–H and O–H groups in total. The lowest BCUT2D eigenvalue weighted by molar-refractivity contribution is 0.415. The fourth-order valence-electron chi connectivity index (χ4n) is 1.88. The fraction of sp³-hybridized carbons (Fsp3) is 0.357. The van der Waals surface area contributed by atoms with Crippen molar-refractivity contribution in [1.82, 2.24) is 15.2 Å². The Kier molecular flexibility index (Phi) is 4.70. The van der Waals surface area contributed by atoms with Crippen LogP contribution in [0.4, 0.5) is 17.5 Å². The van der Waals surface area contributed by atoms with E-state index in [0.29, 0.717) is 5.95 Å². The van der Waals surface area contributed by atoms with Gasteiger partial charge in [0.1, 0.15) is 5.75 Å². The first-order valence-corrected chi connectivity index (χ1v) is 6.62. The summed E-state index contributed by atoms with van der Waals surface area (Å²) in [5, 5.41) is 11.1. The molecule has 0 saturated heterocycles. The van der Waals surface area contributed by atoms with Gasteiger partial charge in [0.25, 0.3) is 0 Å². The van der Waals surface area contributed by atoms with Crippen molar-refractivity contribution in [2.24, 2.45) is 0 Å². The van der Waals surface area contributed by atoms with Crippen molar-refractivity contribution in [3.63, 3.8) is 0 Å². The van der Waals surface area contributed by atoms with E-state index >= 15 is 0 Å². The van der Waals surface area contributed by atoms with Crippen molar-refractivity contribution in [1.29, 1.82) is 0 Å². The van der Waals surface area contributed by atoms with Crippen molar-refractivity contribution in [3.8, 4) is 5.75 Å². The Bertz CT molecular complexity index is 557. The fourth-order valence-corrected chi connectivity index (χ4v) is 1.88. The molecule has 6 heteroatoms. The summed E-state index contributed by atoms with van der Waals surface area (Å²) >= 11 is 0. The predicted molar refractivity (Wildman–Crippen MR) is 79.7 cm³/mol. The summed E-state index contributed by atoms with van der Waals surface area (Å²) in [7, 11) is 1.64. The first-order valence-electron chi connectivity index (χ1n) is 6.62. The zero-order valence-electron chi connectivity index (χ0n) is 12.0. The topological polar surface area (TPSA) is 63.2 Å². The van der Waals surface area contributed by atoms with Crippen LogP contribution in [0.25, 0.3) is 0 Å². The molecule has 1 aromatic carbocycles. The van der Waals surface area contributed by atoms with E-state index in [-0.39, 0.29) is 0 Å². The summed E-state index contributed by atoms with van der Waals surface area (Å²) < 4.78 is 5.18. The third kappa shape index (κ3) is 3.34. The molecule has 20 heavy (non-hydrogen) atoms. The first kappa shape index (κ1) is 14.0. The zero-order valence-corrected chi connectivity index (χ0v) is 12.0. The van der Waals surface area contributed by atoms with Crippen LogP contribution in [0.3, 0.4) is 0 Å². The summed E-state index contributed by atoms with van der Waals surface area (Å²) in [4.78, 5) is 6.58. The quantitative estimate of drug-likeness (QED) is 0.872. The SMILES string of the molecule is CCN(CC)c1cnnc(Nc2cccc(OC)c2)n1. The monoisotopic (exact) mass is 273 g/mol. The Morgan fingerprint density at radius 2 is 2.05 bits per heavy atom. The van der Waals surface area contributed by atoms with Gasteiger partial charge in [-0.1, -0.05) is 6.07 Å². The summed E-state index contributed by atoms with van der Waals surface area (Å²) in [6, 6.07) is 7.60. The molecule has 0 unspecified atom stereocenters. The minimum absolute atomic E-state index is 0.475. The summed E-state index contributed by atoms with van der Waals surface area (Å²) in [5.74, 6) is 2.07. The minimum atomic E-state index is 0.475. The molecule has 0 radical (unpaired) electrons. The third-order valence-corrected chi connectivity index (χ3v) is 2.96. The van der Waals surface area contributed by atoms with Gasteiger partial charge < -0.3 is 15.0 Å².